The summed E-state index contributed by atoms with van der Waals surface area (Å²) in [6.45, 7) is 18.2. The molecule has 27 nitrogen and oxygen atoms in total. The predicted molar refractivity (Wildman–Crippen MR) is 407 cm³/mol. The molecule has 1 saturated heterocycles. The van der Waals surface area contributed by atoms with Crippen LogP contribution >= 0.6 is 0 Å². The number of amides is 2. The third-order valence-electron chi connectivity index (χ3n) is 17.4. The molecule has 9 rings (SSSR count). The van der Waals surface area contributed by atoms with E-state index in [2.05, 4.69) is 66.4 Å². The molecule has 0 radical (unpaired) electrons. The van der Waals surface area contributed by atoms with Gasteiger partial charge in [0.25, 0.3) is 5.91 Å². The molecule has 1 aliphatic heterocycles. The van der Waals surface area contributed by atoms with Gasteiger partial charge in [0.05, 0.1) is 60.8 Å². The number of aromatic nitrogens is 4. The minimum Gasteiger partial charge on any atom is -0.468 e. The third-order valence-corrected chi connectivity index (χ3v) is 20.4. The van der Waals surface area contributed by atoms with Crippen molar-refractivity contribution < 1.29 is 64.6 Å². The smallest absolute Gasteiger partial charge is 0.325 e. The number of ether oxygens (including phenoxy) is 4. The van der Waals surface area contributed by atoms with Crippen molar-refractivity contribution in [3.63, 3.8) is 0 Å². The zero-order valence-corrected chi connectivity index (χ0v) is 64.3. The highest BCUT2D eigenvalue weighted by Gasteiger charge is 2.40. The Morgan fingerprint density at radius 3 is 1.38 bits per heavy atom. The molecule has 8 aromatic rings. The molecule has 3 heterocycles. The van der Waals surface area contributed by atoms with E-state index < -0.39 is 90.7 Å². The lowest BCUT2D eigenvalue weighted by Crippen LogP contribution is -2.50. The van der Waals surface area contributed by atoms with E-state index >= 15 is 0 Å². The van der Waals surface area contributed by atoms with Crippen molar-refractivity contribution in [3.8, 4) is 11.1 Å². The zero-order valence-electron chi connectivity index (χ0n) is 62.7. The molecule has 6 aromatic carbocycles. The highest BCUT2D eigenvalue weighted by Crippen LogP contribution is 2.42. The lowest BCUT2D eigenvalue weighted by Gasteiger charge is -2.38. The molecule has 572 valence electrons. The van der Waals surface area contributed by atoms with Gasteiger partial charge in [0.15, 0.2) is 0 Å². The van der Waals surface area contributed by atoms with Gasteiger partial charge in [-0.15, -0.1) is 0 Å². The number of rotatable bonds is 28. The van der Waals surface area contributed by atoms with Gasteiger partial charge in [0.1, 0.15) is 28.4 Å². The number of anilines is 1. The molecule has 1 unspecified atom stereocenters. The Bertz CT molecular complexity index is 4440. The number of imidazole rings is 1. The number of fused-ring (bicyclic) bond motifs is 1. The van der Waals surface area contributed by atoms with E-state index in [4.69, 9.17) is 29.0 Å². The normalized spacial score (nSPS) is 14.8. The van der Waals surface area contributed by atoms with Crippen molar-refractivity contribution in [3.05, 3.63) is 198 Å². The Hall–Kier alpha value is -9.72. The lowest BCUT2D eigenvalue weighted by atomic mass is 9.76. The molecular formula is C78H99N13O14S2. The summed E-state index contributed by atoms with van der Waals surface area (Å²) in [6.07, 6.45) is 3.72. The molecule has 2 amide bonds. The molecule has 107 heavy (non-hydrogen) atoms. The number of nitrogens with one attached hydrogen (secondary N) is 5. The molecule has 1 fully saturated rings. The highest BCUT2D eigenvalue weighted by atomic mass is 32.2. The maximum Gasteiger partial charge on any atom is 0.325 e. The van der Waals surface area contributed by atoms with Gasteiger partial charge >= 0.3 is 23.9 Å². The number of hydrogen-bond donors (Lipinski definition) is 5. The van der Waals surface area contributed by atoms with Crippen LogP contribution in [0.1, 0.15) is 95.1 Å². The molecule has 0 aliphatic carbocycles. The third kappa shape index (κ3) is 22.9. The number of carbonyl (C=O) groups excluding carboxylic acids is 6. The minimum atomic E-state index is -4.41. The predicted octanol–water partition coefficient (Wildman–Crippen LogP) is 6.78. The van der Waals surface area contributed by atoms with Gasteiger partial charge < -0.3 is 34.9 Å². The molecule has 1 atom stereocenters. The summed E-state index contributed by atoms with van der Waals surface area (Å²) in [7, 11) is -5.62. The van der Waals surface area contributed by atoms with Gasteiger partial charge in [-0.05, 0) is 127 Å². The van der Waals surface area contributed by atoms with E-state index in [1.54, 1.807) is 111 Å². The second-order valence-electron chi connectivity index (χ2n) is 29.2. The summed E-state index contributed by atoms with van der Waals surface area (Å²) in [6, 6.07) is 45.9. The second-order valence-corrected chi connectivity index (χ2v) is 32.6. The Kier molecular flexibility index (Phi) is 27.2. The van der Waals surface area contributed by atoms with Crippen LogP contribution in [0.2, 0.25) is 0 Å². The number of nitrogens with zero attached hydrogens (tertiary/aromatic N) is 8. The molecule has 5 N–H and O–H groups in total. The average Bonchev–Trinajstić information content (AvgIpc) is 1.72. The van der Waals surface area contributed by atoms with E-state index in [1.807, 2.05) is 80.4 Å². The second kappa shape index (κ2) is 35.8. The quantitative estimate of drug-likeness (QED) is 0.0146. The zero-order chi connectivity index (χ0) is 77.3. The van der Waals surface area contributed by atoms with Crippen LogP contribution in [-0.4, -0.2) is 220 Å². The Morgan fingerprint density at radius 2 is 0.953 bits per heavy atom. The number of benzene rings is 6. The molecule has 2 aromatic heterocycles. The van der Waals surface area contributed by atoms with Crippen molar-refractivity contribution in [2.24, 2.45) is 7.05 Å². The van der Waals surface area contributed by atoms with Crippen LogP contribution in [0.25, 0.3) is 22.0 Å². The topological polar surface area (TPSA) is 316 Å². The number of sulfonamides is 2. The number of carbonyl (C=O) groups is 6. The minimum absolute atomic E-state index is 0.0184. The summed E-state index contributed by atoms with van der Waals surface area (Å²) in [5.41, 5.74) is 2.75. The number of esters is 4. The maximum atomic E-state index is 13.9. The SMILES string of the molecule is COC(=O)C(CNC(=O)c1ccc2c(CNc3nccn3C(c3ccccc3)(c3ccccc3)c3ccccc3)nn(C)c2c1)NS(=O)(=O)c1ccc(-c2ccc(S(=O)(=O)NCCNC(=O)CN3CCN(CC(=O)OC(C)(C)C)CCN(CC(=O)OC(C)(C)C)CCN(CC(=O)OC(C)(C)C)CC3)cc2)cc1. The fourth-order valence-electron chi connectivity index (χ4n) is 12.6. The van der Waals surface area contributed by atoms with Gasteiger partial charge in [-0.25, -0.2) is 26.5 Å². The Balaban J connectivity index is 0.779. The van der Waals surface area contributed by atoms with Crippen molar-refractivity contribution in [1.29, 1.82) is 0 Å². The van der Waals surface area contributed by atoms with Crippen LogP contribution in [0.5, 0.6) is 0 Å². The van der Waals surface area contributed by atoms with Crippen molar-refractivity contribution in [1.82, 2.24) is 59.0 Å². The molecule has 1 aliphatic rings. The summed E-state index contributed by atoms with van der Waals surface area (Å²) in [4.78, 5) is 92.2. The van der Waals surface area contributed by atoms with Gasteiger partial charge in [-0.2, -0.15) is 9.82 Å². The first-order chi connectivity index (χ1) is 50.7. The molecule has 0 saturated carbocycles. The Morgan fingerprint density at radius 1 is 0.523 bits per heavy atom. The fraction of sp³-hybridized carbons (Fsp3) is 0.410. The number of methoxy groups -OCH3 is 1. The first-order valence-corrected chi connectivity index (χ1v) is 38.5. The van der Waals surface area contributed by atoms with E-state index in [0.717, 1.165) is 29.2 Å². The summed E-state index contributed by atoms with van der Waals surface area (Å²) in [5.74, 6) is -2.62. The standard InChI is InChI=1S/C78H99N13O14S2/c1-75(2,3)103-69(93)53-88-43-41-87(42-44-89(54-70(94)104-76(4,5)6)46-48-90(47-45-88)55-71(95)105-77(7,8)9)52-68(92)79-37-38-83-106(98,99)62-32-27-56(28-33-62)57-29-34-63(35-30-57)107(100,101)85-66(73(97)102-11)51-81-72(96)58-31-36-64-65(84-86(10)67(64)49-58)50-82-74-80-39-40-91(74)78(59-21-15-12-16-22-59,60-23-17-13-18-24-60)61-25-19-14-20-26-61/h12-36,39-40,49,66,83,85H,37-38,41-48,50-55H2,1-11H3,(H,79,92)(H,80,82)(H,81,96). The van der Waals surface area contributed by atoms with Gasteiger partial charge in [-0.3, -0.25) is 57.6 Å². The van der Waals surface area contributed by atoms with Crippen LogP contribution in [0.3, 0.4) is 0 Å². The molecule has 0 spiro atoms. The van der Waals surface area contributed by atoms with Crippen LogP contribution in [0, 0.1) is 0 Å². The van der Waals surface area contributed by atoms with Crippen LogP contribution in [-0.2, 0) is 82.1 Å². The largest absolute Gasteiger partial charge is 0.468 e. The van der Waals surface area contributed by atoms with Crippen molar-refractivity contribution in [2.75, 3.05) is 111 Å². The van der Waals surface area contributed by atoms with Gasteiger partial charge in [0.2, 0.25) is 31.9 Å². The first kappa shape index (κ1) is 81.4. The van der Waals surface area contributed by atoms with Gasteiger partial charge in [-0.1, -0.05) is 121 Å². The summed E-state index contributed by atoms with van der Waals surface area (Å²) in [5, 5.41) is 14.6. The highest BCUT2D eigenvalue weighted by molar-refractivity contribution is 7.89. The van der Waals surface area contributed by atoms with E-state index in [0.29, 0.717) is 80.6 Å². The average molecular weight is 1510 g/mol. The lowest BCUT2D eigenvalue weighted by molar-refractivity contribution is -0.158. The van der Waals surface area contributed by atoms with Crippen molar-refractivity contribution in [2.45, 2.75) is 107 Å². The number of aryl methyl sites for hydroxylation is 1. The summed E-state index contributed by atoms with van der Waals surface area (Å²) >= 11 is 0. The van der Waals surface area contributed by atoms with Crippen molar-refractivity contribution >= 4 is 72.6 Å². The summed E-state index contributed by atoms with van der Waals surface area (Å²) < 4.78 is 85.5. The molecule has 0 bridgehead atoms. The number of hydrogen-bond acceptors (Lipinski definition) is 21. The molecular weight excluding hydrogens is 1410 g/mol. The molecule has 29 heteroatoms. The maximum absolute atomic E-state index is 13.9. The van der Waals surface area contributed by atoms with Crippen LogP contribution < -0.4 is 25.4 Å². The van der Waals surface area contributed by atoms with E-state index in [9.17, 15) is 45.6 Å². The Labute approximate surface area is 626 Å². The van der Waals surface area contributed by atoms with E-state index in [1.165, 1.54) is 36.4 Å². The monoisotopic (exact) mass is 1510 g/mol. The van der Waals surface area contributed by atoms with E-state index in [-0.39, 0.29) is 61.2 Å². The van der Waals surface area contributed by atoms with Crippen LogP contribution in [0.4, 0.5) is 5.95 Å². The fourth-order valence-corrected chi connectivity index (χ4v) is 14.8. The first-order valence-electron chi connectivity index (χ1n) is 35.5. The van der Waals surface area contributed by atoms with Crippen LogP contribution in [0.15, 0.2) is 180 Å². The van der Waals surface area contributed by atoms with Gasteiger partial charge in [0, 0.05) is 102 Å².